The Labute approximate surface area is 185 Å². The zero-order valence-corrected chi connectivity index (χ0v) is 19.2. The number of sulfonamides is 1. The summed E-state index contributed by atoms with van der Waals surface area (Å²) in [7, 11) is -3.50. The van der Waals surface area contributed by atoms with Crippen LogP contribution in [-0.2, 0) is 24.3 Å². The van der Waals surface area contributed by atoms with Crippen LogP contribution in [0.25, 0.3) is 6.08 Å². The third-order valence-corrected chi connectivity index (χ3v) is 6.94. The largest absolute Gasteiger partial charge is 0.452 e. The zero-order valence-electron chi connectivity index (χ0n) is 18.4. The lowest BCUT2D eigenvalue weighted by atomic mass is 10.2. The fourth-order valence-electron chi connectivity index (χ4n) is 3.32. The molecule has 8 heteroatoms. The van der Waals surface area contributed by atoms with E-state index in [0.29, 0.717) is 31.7 Å². The van der Waals surface area contributed by atoms with Gasteiger partial charge in [0.2, 0.25) is 10.0 Å². The highest BCUT2D eigenvalue weighted by Gasteiger charge is 2.24. The van der Waals surface area contributed by atoms with Crippen LogP contribution < -0.4 is 0 Å². The number of likely N-dealkylation sites (N-methyl/N-ethyl adjacent to an activating group) is 1. The molecule has 170 valence electrons. The van der Waals surface area contributed by atoms with Gasteiger partial charge in [0.25, 0.3) is 5.91 Å². The van der Waals surface area contributed by atoms with Gasteiger partial charge in [0, 0.05) is 32.3 Å². The van der Waals surface area contributed by atoms with E-state index in [4.69, 9.17) is 4.74 Å². The SMILES string of the molecule is C=C(C)CN(CC)C(=O)COC(=O)/C=C/c1ccc(S(=O)(=O)N2CCCCCC2)cc1. The Morgan fingerprint density at radius 2 is 1.74 bits per heavy atom. The fourth-order valence-corrected chi connectivity index (χ4v) is 4.84. The van der Waals surface area contributed by atoms with E-state index in [0.717, 1.165) is 31.3 Å². The van der Waals surface area contributed by atoms with Gasteiger partial charge in [-0.2, -0.15) is 4.31 Å². The molecule has 2 rings (SSSR count). The summed E-state index contributed by atoms with van der Waals surface area (Å²) in [6, 6.07) is 6.38. The molecule has 0 N–H and O–H groups in total. The highest BCUT2D eigenvalue weighted by atomic mass is 32.2. The Hall–Kier alpha value is -2.45. The van der Waals surface area contributed by atoms with Crippen LogP contribution >= 0.6 is 0 Å². The molecule has 1 fully saturated rings. The minimum Gasteiger partial charge on any atom is -0.452 e. The van der Waals surface area contributed by atoms with Crippen LogP contribution in [0.4, 0.5) is 0 Å². The summed E-state index contributed by atoms with van der Waals surface area (Å²) in [5.74, 6) is -0.920. The number of esters is 1. The molecule has 7 nitrogen and oxygen atoms in total. The van der Waals surface area contributed by atoms with Crippen LogP contribution in [0, 0.1) is 0 Å². The smallest absolute Gasteiger partial charge is 0.331 e. The third kappa shape index (κ3) is 7.63. The topological polar surface area (TPSA) is 84.0 Å². The van der Waals surface area contributed by atoms with Gasteiger partial charge < -0.3 is 9.64 Å². The first-order valence-electron chi connectivity index (χ1n) is 10.6. The Balaban J connectivity index is 1.92. The molecule has 0 bridgehead atoms. The minimum absolute atomic E-state index is 0.247. The second kappa shape index (κ2) is 11.8. The molecule has 1 heterocycles. The highest BCUT2D eigenvalue weighted by Crippen LogP contribution is 2.21. The molecule has 1 aromatic carbocycles. The lowest BCUT2D eigenvalue weighted by Gasteiger charge is -2.20. The van der Waals surface area contributed by atoms with Gasteiger partial charge in [-0.25, -0.2) is 13.2 Å². The molecule has 1 aliphatic heterocycles. The van der Waals surface area contributed by atoms with Crippen molar-refractivity contribution in [2.75, 3.05) is 32.8 Å². The van der Waals surface area contributed by atoms with Crippen molar-refractivity contribution in [3.05, 3.63) is 48.1 Å². The van der Waals surface area contributed by atoms with Crippen molar-refractivity contribution in [2.45, 2.75) is 44.4 Å². The predicted octanol–water partition coefficient (Wildman–Crippen LogP) is 3.23. The summed E-state index contributed by atoms with van der Waals surface area (Å²) < 4.78 is 32.2. The number of carbonyl (C=O) groups is 2. The molecule has 1 aromatic rings. The maximum atomic E-state index is 12.8. The maximum Gasteiger partial charge on any atom is 0.331 e. The van der Waals surface area contributed by atoms with E-state index < -0.39 is 16.0 Å². The van der Waals surface area contributed by atoms with Crippen molar-refractivity contribution in [1.29, 1.82) is 0 Å². The number of carbonyl (C=O) groups excluding carboxylic acids is 2. The Morgan fingerprint density at radius 3 is 2.29 bits per heavy atom. The van der Waals surface area contributed by atoms with Gasteiger partial charge in [-0.3, -0.25) is 4.79 Å². The highest BCUT2D eigenvalue weighted by molar-refractivity contribution is 7.89. The average molecular weight is 449 g/mol. The maximum absolute atomic E-state index is 12.8. The molecule has 0 radical (unpaired) electrons. The van der Waals surface area contributed by atoms with Crippen molar-refractivity contribution < 1.29 is 22.7 Å². The lowest BCUT2D eigenvalue weighted by molar-refractivity contribution is -0.147. The van der Waals surface area contributed by atoms with Crippen LogP contribution in [-0.4, -0.2) is 62.3 Å². The van der Waals surface area contributed by atoms with Gasteiger partial charge in [-0.05, 0) is 50.5 Å². The molecule has 0 unspecified atom stereocenters. The third-order valence-electron chi connectivity index (χ3n) is 5.03. The quantitative estimate of drug-likeness (QED) is 0.329. The van der Waals surface area contributed by atoms with Gasteiger partial charge in [0.05, 0.1) is 4.90 Å². The first-order valence-corrected chi connectivity index (χ1v) is 12.0. The summed E-state index contributed by atoms with van der Waals surface area (Å²) in [5.41, 5.74) is 1.51. The molecule has 0 spiro atoms. The van der Waals surface area contributed by atoms with Crippen LogP contribution in [0.3, 0.4) is 0 Å². The number of hydrogen-bond donors (Lipinski definition) is 0. The molecule has 1 saturated heterocycles. The molecule has 0 saturated carbocycles. The minimum atomic E-state index is -3.50. The van der Waals surface area contributed by atoms with Crippen LogP contribution in [0.15, 0.2) is 47.4 Å². The van der Waals surface area contributed by atoms with E-state index in [1.165, 1.54) is 12.2 Å². The van der Waals surface area contributed by atoms with Crippen molar-refractivity contribution in [2.24, 2.45) is 0 Å². The summed E-state index contributed by atoms with van der Waals surface area (Å²) in [6.45, 7) is 9.16. The zero-order chi connectivity index (χ0) is 22.9. The van der Waals surface area contributed by atoms with Crippen molar-refractivity contribution >= 4 is 28.0 Å². The van der Waals surface area contributed by atoms with E-state index in [2.05, 4.69) is 6.58 Å². The molecule has 1 amide bonds. The molecule has 1 aliphatic rings. The first-order chi connectivity index (χ1) is 14.7. The fraction of sp³-hybridized carbons (Fsp3) is 0.478. The van der Waals surface area contributed by atoms with Gasteiger partial charge in [-0.1, -0.05) is 37.1 Å². The number of amides is 1. The number of nitrogens with zero attached hydrogens (tertiary/aromatic N) is 2. The van der Waals surface area contributed by atoms with Gasteiger partial charge in [0.15, 0.2) is 6.61 Å². The molecule has 0 aliphatic carbocycles. The van der Waals surface area contributed by atoms with Crippen molar-refractivity contribution in [1.82, 2.24) is 9.21 Å². The Bertz CT molecular complexity index is 898. The average Bonchev–Trinajstić information content (AvgIpc) is 3.04. The first kappa shape index (κ1) is 24.8. The normalized spacial score (nSPS) is 15.4. The Morgan fingerprint density at radius 1 is 1.13 bits per heavy atom. The molecule has 0 atom stereocenters. The molecule has 0 aromatic heterocycles. The van der Waals surface area contributed by atoms with Crippen LogP contribution in [0.2, 0.25) is 0 Å². The number of rotatable bonds is 9. The predicted molar refractivity (Wildman–Crippen MR) is 121 cm³/mol. The van der Waals surface area contributed by atoms with Crippen LogP contribution in [0.1, 0.15) is 45.1 Å². The van der Waals surface area contributed by atoms with Gasteiger partial charge >= 0.3 is 5.97 Å². The lowest BCUT2D eigenvalue weighted by Crippen LogP contribution is -2.35. The molecule has 31 heavy (non-hydrogen) atoms. The van der Waals surface area contributed by atoms with Crippen LogP contribution in [0.5, 0.6) is 0 Å². The van der Waals surface area contributed by atoms with E-state index in [1.54, 1.807) is 33.5 Å². The second-order valence-corrected chi connectivity index (χ2v) is 9.63. The summed E-state index contributed by atoms with van der Waals surface area (Å²) in [4.78, 5) is 25.8. The van der Waals surface area contributed by atoms with E-state index >= 15 is 0 Å². The van der Waals surface area contributed by atoms with Crippen molar-refractivity contribution in [3.63, 3.8) is 0 Å². The summed E-state index contributed by atoms with van der Waals surface area (Å²) >= 11 is 0. The van der Waals surface area contributed by atoms with Gasteiger partial charge in [0.1, 0.15) is 0 Å². The van der Waals surface area contributed by atoms with E-state index in [9.17, 15) is 18.0 Å². The monoisotopic (exact) mass is 448 g/mol. The number of hydrogen-bond acceptors (Lipinski definition) is 5. The number of benzene rings is 1. The second-order valence-electron chi connectivity index (χ2n) is 7.69. The van der Waals surface area contributed by atoms with E-state index in [-0.39, 0.29) is 17.4 Å². The molecular formula is C23H32N2O5S. The molecular weight excluding hydrogens is 416 g/mol. The van der Waals surface area contributed by atoms with Gasteiger partial charge in [-0.15, -0.1) is 0 Å². The number of ether oxygens (including phenoxy) is 1. The van der Waals surface area contributed by atoms with Crippen molar-refractivity contribution in [3.8, 4) is 0 Å². The summed E-state index contributed by atoms with van der Waals surface area (Å²) in [6.07, 6.45) is 6.63. The van der Waals surface area contributed by atoms with E-state index in [1.807, 2.05) is 13.8 Å². The standard InChI is InChI=1S/C23H32N2O5S/c1-4-24(17-19(2)3)22(26)18-30-23(27)14-11-20-9-12-21(13-10-20)31(28,29)25-15-7-5-6-8-16-25/h9-14H,2,4-8,15-18H2,1,3H3/b14-11+. The Kier molecular flexibility index (Phi) is 9.45. The summed E-state index contributed by atoms with van der Waals surface area (Å²) in [5, 5.41) is 0.